The Balaban J connectivity index is 1.89. The molecule has 0 saturated carbocycles. The Morgan fingerprint density at radius 2 is 1.83 bits per heavy atom. The van der Waals surface area contributed by atoms with Crippen molar-refractivity contribution >= 4 is 28.5 Å². The predicted octanol–water partition coefficient (Wildman–Crippen LogP) is 4.25. The molecule has 3 rings (SSSR count). The zero-order valence-corrected chi connectivity index (χ0v) is 14.1. The van der Waals surface area contributed by atoms with Gasteiger partial charge in [-0.05, 0) is 49.7 Å². The molecule has 0 aliphatic heterocycles. The summed E-state index contributed by atoms with van der Waals surface area (Å²) in [7, 11) is 0. The zero-order valence-electron chi connectivity index (χ0n) is 13.3. The highest BCUT2D eigenvalue weighted by atomic mass is 35.5. The second-order valence-corrected chi connectivity index (χ2v) is 6.17. The van der Waals surface area contributed by atoms with Crippen LogP contribution >= 0.6 is 11.6 Å². The van der Waals surface area contributed by atoms with E-state index in [0.717, 1.165) is 16.5 Å². The topological polar surface area (TPSA) is 59.3 Å². The van der Waals surface area contributed by atoms with E-state index < -0.39 is 11.5 Å². The third-order valence-electron chi connectivity index (χ3n) is 3.85. The van der Waals surface area contributed by atoms with Crippen molar-refractivity contribution in [2.24, 2.45) is 0 Å². The molecule has 0 aliphatic carbocycles. The van der Waals surface area contributed by atoms with Gasteiger partial charge in [-0.1, -0.05) is 35.4 Å². The highest BCUT2D eigenvalue weighted by molar-refractivity contribution is 6.30. The SMILES string of the molecule is Cc1ccc2oc(=O)c(C(=O)N[C@@H](C)c3ccc(Cl)cc3)cc2c1. The van der Waals surface area contributed by atoms with Crippen molar-refractivity contribution in [1.82, 2.24) is 5.32 Å². The van der Waals surface area contributed by atoms with Gasteiger partial charge in [-0.25, -0.2) is 4.79 Å². The lowest BCUT2D eigenvalue weighted by Gasteiger charge is -2.14. The third-order valence-corrected chi connectivity index (χ3v) is 4.10. The van der Waals surface area contributed by atoms with Crippen molar-refractivity contribution in [3.05, 3.63) is 80.7 Å². The van der Waals surface area contributed by atoms with E-state index in [-0.39, 0.29) is 11.6 Å². The predicted molar refractivity (Wildman–Crippen MR) is 94.6 cm³/mol. The van der Waals surface area contributed by atoms with Gasteiger partial charge in [-0.15, -0.1) is 0 Å². The fourth-order valence-electron chi connectivity index (χ4n) is 2.51. The Labute approximate surface area is 144 Å². The Kier molecular flexibility index (Phi) is 4.40. The summed E-state index contributed by atoms with van der Waals surface area (Å²) >= 11 is 5.87. The summed E-state index contributed by atoms with van der Waals surface area (Å²) < 4.78 is 5.24. The molecule has 3 aromatic rings. The molecule has 2 aromatic carbocycles. The molecular formula is C19H16ClNO3. The van der Waals surface area contributed by atoms with Crippen LogP contribution in [0.5, 0.6) is 0 Å². The van der Waals surface area contributed by atoms with Gasteiger partial charge in [0.2, 0.25) is 0 Å². The second-order valence-electron chi connectivity index (χ2n) is 5.74. The molecule has 1 aromatic heterocycles. The monoisotopic (exact) mass is 341 g/mol. The van der Waals surface area contributed by atoms with Gasteiger partial charge in [-0.2, -0.15) is 0 Å². The van der Waals surface area contributed by atoms with Gasteiger partial charge in [0, 0.05) is 10.4 Å². The van der Waals surface area contributed by atoms with Crippen LogP contribution in [0.15, 0.2) is 57.7 Å². The quantitative estimate of drug-likeness (QED) is 0.725. The molecule has 1 N–H and O–H groups in total. The van der Waals surface area contributed by atoms with E-state index in [1.807, 2.05) is 38.1 Å². The van der Waals surface area contributed by atoms with Crippen molar-refractivity contribution in [2.75, 3.05) is 0 Å². The van der Waals surface area contributed by atoms with E-state index in [2.05, 4.69) is 5.32 Å². The molecule has 1 atom stereocenters. The zero-order chi connectivity index (χ0) is 17.3. The number of benzene rings is 2. The Morgan fingerprint density at radius 3 is 2.54 bits per heavy atom. The van der Waals surface area contributed by atoms with Crippen molar-refractivity contribution in [2.45, 2.75) is 19.9 Å². The standard InChI is InChI=1S/C19H16ClNO3/c1-11-3-8-17-14(9-11)10-16(19(23)24-17)18(22)21-12(2)13-4-6-15(20)7-5-13/h3-10,12H,1-2H3,(H,21,22)/t12-/m0/s1. The largest absolute Gasteiger partial charge is 0.422 e. The number of hydrogen-bond donors (Lipinski definition) is 1. The fourth-order valence-corrected chi connectivity index (χ4v) is 2.64. The first kappa shape index (κ1) is 16.3. The van der Waals surface area contributed by atoms with E-state index in [4.69, 9.17) is 16.0 Å². The molecule has 0 fully saturated rings. The lowest BCUT2D eigenvalue weighted by Crippen LogP contribution is -2.30. The normalized spacial score (nSPS) is 12.1. The maximum Gasteiger partial charge on any atom is 0.349 e. The fraction of sp³-hybridized carbons (Fsp3) is 0.158. The average molecular weight is 342 g/mol. The average Bonchev–Trinajstić information content (AvgIpc) is 2.55. The minimum absolute atomic E-state index is 0.00564. The van der Waals surface area contributed by atoms with Crippen LogP contribution in [0.2, 0.25) is 5.02 Å². The first-order chi connectivity index (χ1) is 11.4. The minimum Gasteiger partial charge on any atom is -0.422 e. The molecule has 0 saturated heterocycles. The van der Waals surface area contributed by atoms with E-state index in [9.17, 15) is 9.59 Å². The van der Waals surface area contributed by atoms with Gasteiger partial charge in [0.1, 0.15) is 11.1 Å². The Bertz CT molecular complexity index is 961. The number of amides is 1. The molecule has 0 radical (unpaired) electrons. The second kappa shape index (κ2) is 6.49. The summed E-state index contributed by atoms with van der Waals surface area (Å²) in [5.74, 6) is -0.463. The smallest absolute Gasteiger partial charge is 0.349 e. The maximum absolute atomic E-state index is 12.4. The number of hydrogen-bond acceptors (Lipinski definition) is 3. The van der Waals surface area contributed by atoms with Gasteiger partial charge in [0.25, 0.3) is 5.91 Å². The number of halogens is 1. The molecule has 1 amide bonds. The van der Waals surface area contributed by atoms with E-state index >= 15 is 0 Å². The highest BCUT2D eigenvalue weighted by Crippen LogP contribution is 2.18. The van der Waals surface area contributed by atoms with E-state index in [0.29, 0.717) is 10.6 Å². The van der Waals surface area contributed by atoms with Crippen LogP contribution in [-0.2, 0) is 0 Å². The first-order valence-corrected chi connectivity index (χ1v) is 7.92. The van der Waals surface area contributed by atoms with Crippen LogP contribution in [0.1, 0.15) is 34.5 Å². The van der Waals surface area contributed by atoms with Crippen LogP contribution in [-0.4, -0.2) is 5.91 Å². The Morgan fingerprint density at radius 1 is 1.12 bits per heavy atom. The summed E-state index contributed by atoms with van der Waals surface area (Å²) in [5.41, 5.74) is 1.74. The van der Waals surface area contributed by atoms with Crippen LogP contribution in [0.4, 0.5) is 0 Å². The molecular weight excluding hydrogens is 326 g/mol. The molecule has 122 valence electrons. The lowest BCUT2D eigenvalue weighted by atomic mass is 10.1. The number of fused-ring (bicyclic) bond motifs is 1. The molecule has 1 heterocycles. The summed E-state index contributed by atoms with van der Waals surface area (Å²) in [6.45, 7) is 3.78. The van der Waals surface area contributed by atoms with Gasteiger partial charge in [0.15, 0.2) is 0 Å². The minimum atomic E-state index is -0.646. The summed E-state index contributed by atoms with van der Waals surface area (Å²) in [4.78, 5) is 24.5. The molecule has 0 unspecified atom stereocenters. The number of rotatable bonds is 3. The van der Waals surface area contributed by atoms with Crippen molar-refractivity contribution in [1.29, 1.82) is 0 Å². The summed E-state index contributed by atoms with van der Waals surface area (Å²) in [6, 6.07) is 13.9. The van der Waals surface area contributed by atoms with Crippen LogP contribution < -0.4 is 10.9 Å². The number of nitrogens with one attached hydrogen (secondary N) is 1. The van der Waals surface area contributed by atoms with Crippen LogP contribution in [0, 0.1) is 6.92 Å². The van der Waals surface area contributed by atoms with Gasteiger partial charge < -0.3 is 9.73 Å². The van der Waals surface area contributed by atoms with Crippen molar-refractivity contribution in [3.63, 3.8) is 0 Å². The molecule has 0 aliphatic rings. The molecule has 24 heavy (non-hydrogen) atoms. The van der Waals surface area contributed by atoms with E-state index in [1.54, 1.807) is 24.3 Å². The lowest BCUT2D eigenvalue weighted by molar-refractivity contribution is 0.0936. The number of carbonyl (C=O) groups excluding carboxylic acids is 1. The van der Waals surface area contributed by atoms with Crippen LogP contribution in [0.3, 0.4) is 0 Å². The van der Waals surface area contributed by atoms with Gasteiger partial charge in [-0.3, -0.25) is 4.79 Å². The molecule has 0 spiro atoms. The number of aryl methyl sites for hydroxylation is 1. The maximum atomic E-state index is 12.4. The number of carbonyl (C=O) groups is 1. The molecule has 0 bridgehead atoms. The first-order valence-electron chi connectivity index (χ1n) is 7.55. The molecule has 4 nitrogen and oxygen atoms in total. The van der Waals surface area contributed by atoms with Crippen molar-refractivity contribution < 1.29 is 9.21 Å². The van der Waals surface area contributed by atoms with Gasteiger partial charge >= 0.3 is 5.63 Å². The van der Waals surface area contributed by atoms with Gasteiger partial charge in [0.05, 0.1) is 6.04 Å². The molecule has 5 heteroatoms. The highest BCUT2D eigenvalue weighted by Gasteiger charge is 2.16. The van der Waals surface area contributed by atoms with Crippen LogP contribution in [0.25, 0.3) is 11.0 Å². The summed E-state index contributed by atoms with van der Waals surface area (Å²) in [6.07, 6.45) is 0. The van der Waals surface area contributed by atoms with E-state index in [1.165, 1.54) is 0 Å². The summed E-state index contributed by atoms with van der Waals surface area (Å²) in [5, 5.41) is 4.16. The Hall–Kier alpha value is -2.59. The van der Waals surface area contributed by atoms with Crippen molar-refractivity contribution in [3.8, 4) is 0 Å². The third kappa shape index (κ3) is 3.34.